The molecule has 24 heavy (non-hydrogen) atoms. The van der Waals surface area contributed by atoms with Gasteiger partial charge in [0, 0.05) is 31.5 Å². The van der Waals surface area contributed by atoms with Gasteiger partial charge in [0.05, 0.1) is 11.2 Å². The Morgan fingerprint density at radius 2 is 2.08 bits per heavy atom. The van der Waals surface area contributed by atoms with Gasteiger partial charge in [0.25, 0.3) is 0 Å². The Labute approximate surface area is 146 Å². The van der Waals surface area contributed by atoms with Gasteiger partial charge in [-0.3, -0.25) is 4.79 Å². The molecule has 0 radical (unpaired) electrons. The minimum Gasteiger partial charge on any atom is -0.441 e. The number of oxazole rings is 1. The topological polar surface area (TPSA) is 72.4 Å². The second-order valence-electron chi connectivity index (χ2n) is 6.16. The van der Waals surface area contributed by atoms with Crippen LogP contribution >= 0.6 is 11.6 Å². The summed E-state index contributed by atoms with van der Waals surface area (Å²) in [5.41, 5.74) is 6.50. The lowest BCUT2D eigenvalue weighted by Crippen LogP contribution is -2.40. The molecule has 6 heteroatoms. The average molecular weight is 348 g/mol. The van der Waals surface area contributed by atoms with Crippen LogP contribution in [0.15, 0.2) is 34.9 Å². The summed E-state index contributed by atoms with van der Waals surface area (Å²) in [6.07, 6.45) is 4.57. The number of aryl methyl sites for hydroxylation is 1. The zero-order chi connectivity index (χ0) is 16.9. The van der Waals surface area contributed by atoms with Crippen molar-refractivity contribution in [3.05, 3.63) is 41.4 Å². The first-order chi connectivity index (χ1) is 11.7. The smallest absolute Gasteiger partial charge is 0.223 e. The van der Waals surface area contributed by atoms with Crippen LogP contribution in [-0.4, -0.2) is 35.4 Å². The summed E-state index contributed by atoms with van der Waals surface area (Å²) in [6.45, 7) is 2.32. The molecule has 1 saturated heterocycles. The number of halogens is 1. The molecule has 0 saturated carbocycles. The molecular weight excluding hydrogens is 326 g/mol. The Hall–Kier alpha value is -1.85. The molecule has 1 amide bonds. The zero-order valence-corrected chi connectivity index (χ0v) is 14.3. The highest BCUT2D eigenvalue weighted by Gasteiger charge is 2.22. The van der Waals surface area contributed by atoms with Gasteiger partial charge in [-0.2, -0.15) is 0 Å². The van der Waals surface area contributed by atoms with Crippen LogP contribution in [-0.2, 0) is 11.2 Å². The largest absolute Gasteiger partial charge is 0.441 e. The van der Waals surface area contributed by atoms with Crippen LogP contribution in [0.1, 0.15) is 25.2 Å². The summed E-state index contributed by atoms with van der Waals surface area (Å²) in [5, 5.41) is 0.624. The molecule has 1 fully saturated rings. The highest BCUT2D eigenvalue weighted by atomic mass is 35.5. The van der Waals surface area contributed by atoms with Crippen LogP contribution in [0.25, 0.3) is 11.3 Å². The molecule has 128 valence electrons. The average Bonchev–Trinajstić information content (AvgIpc) is 3.09. The van der Waals surface area contributed by atoms with Crippen LogP contribution < -0.4 is 5.73 Å². The minimum absolute atomic E-state index is 0.156. The van der Waals surface area contributed by atoms with Crippen molar-refractivity contribution >= 4 is 17.5 Å². The van der Waals surface area contributed by atoms with Gasteiger partial charge in [-0.05, 0) is 37.4 Å². The highest BCUT2D eigenvalue weighted by molar-refractivity contribution is 6.33. The number of nitrogens with two attached hydrogens (primary N) is 1. The minimum atomic E-state index is 0.156. The Morgan fingerprint density at radius 3 is 2.79 bits per heavy atom. The van der Waals surface area contributed by atoms with Gasteiger partial charge >= 0.3 is 0 Å². The van der Waals surface area contributed by atoms with E-state index >= 15 is 0 Å². The lowest BCUT2D eigenvalue weighted by Gasteiger charge is -2.31. The van der Waals surface area contributed by atoms with E-state index in [2.05, 4.69) is 4.98 Å². The van der Waals surface area contributed by atoms with Crippen LogP contribution in [0.4, 0.5) is 0 Å². The Bertz CT molecular complexity index is 693. The number of nitrogens with zero attached hydrogens (tertiary/aromatic N) is 2. The molecule has 0 aliphatic carbocycles. The number of aromatic nitrogens is 1. The van der Waals surface area contributed by atoms with Gasteiger partial charge in [-0.25, -0.2) is 4.98 Å². The first-order valence-corrected chi connectivity index (χ1v) is 8.72. The van der Waals surface area contributed by atoms with E-state index in [1.165, 1.54) is 0 Å². The highest BCUT2D eigenvalue weighted by Crippen LogP contribution is 2.28. The number of hydrogen-bond donors (Lipinski definition) is 1. The van der Waals surface area contributed by atoms with Crippen molar-refractivity contribution in [1.29, 1.82) is 0 Å². The van der Waals surface area contributed by atoms with Gasteiger partial charge in [0.2, 0.25) is 5.91 Å². The van der Waals surface area contributed by atoms with Crippen LogP contribution in [0, 0.1) is 5.92 Å². The van der Waals surface area contributed by atoms with E-state index in [1.807, 2.05) is 29.2 Å². The Balaban J connectivity index is 1.54. The summed E-state index contributed by atoms with van der Waals surface area (Å²) < 4.78 is 5.74. The van der Waals surface area contributed by atoms with E-state index in [9.17, 15) is 4.79 Å². The van der Waals surface area contributed by atoms with E-state index in [0.29, 0.717) is 42.0 Å². The quantitative estimate of drug-likeness (QED) is 0.901. The molecule has 1 aliphatic rings. The summed E-state index contributed by atoms with van der Waals surface area (Å²) >= 11 is 6.16. The van der Waals surface area contributed by atoms with Gasteiger partial charge in [-0.15, -0.1) is 0 Å². The fourth-order valence-electron chi connectivity index (χ4n) is 3.00. The number of amides is 1. The second-order valence-corrected chi connectivity index (χ2v) is 6.57. The summed E-state index contributed by atoms with van der Waals surface area (Å²) in [4.78, 5) is 18.5. The molecule has 5 nitrogen and oxygen atoms in total. The summed E-state index contributed by atoms with van der Waals surface area (Å²) in [5.74, 6) is 1.91. The van der Waals surface area contributed by atoms with Crippen molar-refractivity contribution in [2.75, 3.05) is 19.6 Å². The summed E-state index contributed by atoms with van der Waals surface area (Å²) in [7, 11) is 0. The molecule has 0 atom stereocenters. The van der Waals surface area contributed by atoms with Crippen LogP contribution in [0.3, 0.4) is 0 Å². The third-order valence-corrected chi connectivity index (χ3v) is 4.88. The van der Waals surface area contributed by atoms with Crippen molar-refractivity contribution < 1.29 is 9.21 Å². The SMILES string of the molecule is NCC1CCN(C(=O)CCc2ncc(-c3ccccc3Cl)o2)CC1. The van der Waals surface area contributed by atoms with Crippen molar-refractivity contribution in [2.45, 2.75) is 25.7 Å². The van der Waals surface area contributed by atoms with E-state index in [-0.39, 0.29) is 5.91 Å². The predicted octanol–water partition coefficient (Wildman–Crippen LogP) is 3.12. The van der Waals surface area contributed by atoms with E-state index < -0.39 is 0 Å². The van der Waals surface area contributed by atoms with Crippen LogP contribution in [0.5, 0.6) is 0 Å². The van der Waals surface area contributed by atoms with Gasteiger partial charge < -0.3 is 15.1 Å². The number of likely N-dealkylation sites (tertiary alicyclic amines) is 1. The zero-order valence-electron chi connectivity index (χ0n) is 13.6. The van der Waals surface area contributed by atoms with Gasteiger partial charge in [-0.1, -0.05) is 23.7 Å². The Kier molecular flexibility index (Phi) is 5.53. The first kappa shape index (κ1) is 17.0. The maximum Gasteiger partial charge on any atom is 0.223 e. The molecule has 0 spiro atoms. The third kappa shape index (κ3) is 3.97. The number of carbonyl (C=O) groups excluding carboxylic acids is 1. The molecule has 3 rings (SSSR count). The first-order valence-electron chi connectivity index (χ1n) is 8.35. The van der Waals surface area contributed by atoms with E-state index in [4.69, 9.17) is 21.8 Å². The molecule has 0 bridgehead atoms. The molecular formula is C18H22ClN3O2. The third-order valence-electron chi connectivity index (χ3n) is 4.55. The molecule has 1 aromatic carbocycles. The van der Waals surface area contributed by atoms with E-state index in [0.717, 1.165) is 31.5 Å². The molecule has 2 N–H and O–H groups in total. The number of carbonyl (C=O) groups is 1. The lowest BCUT2D eigenvalue weighted by molar-refractivity contribution is -0.132. The molecule has 2 aromatic rings. The van der Waals surface area contributed by atoms with Crippen molar-refractivity contribution in [2.24, 2.45) is 11.7 Å². The second kappa shape index (κ2) is 7.81. The maximum atomic E-state index is 12.3. The fraction of sp³-hybridized carbons (Fsp3) is 0.444. The predicted molar refractivity (Wildman–Crippen MR) is 93.6 cm³/mol. The number of rotatable bonds is 5. The number of benzene rings is 1. The molecule has 1 aliphatic heterocycles. The molecule has 2 heterocycles. The lowest BCUT2D eigenvalue weighted by atomic mass is 9.97. The number of piperidine rings is 1. The molecule has 0 unspecified atom stereocenters. The van der Waals surface area contributed by atoms with E-state index in [1.54, 1.807) is 6.20 Å². The van der Waals surface area contributed by atoms with Crippen molar-refractivity contribution in [3.63, 3.8) is 0 Å². The standard InChI is InChI=1S/C18H22ClN3O2/c19-15-4-2-1-3-14(15)16-12-21-17(24-16)5-6-18(23)22-9-7-13(11-20)8-10-22/h1-4,12-13H,5-11,20H2. The van der Waals surface area contributed by atoms with Gasteiger partial charge in [0.15, 0.2) is 11.7 Å². The molecule has 1 aromatic heterocycles. The fourth-order valence-corrected chi connectivity index (χ4v) is 3.23. The van der Waals surface area contributed by atoms with Crippen molar-refractivity contribution in [3.8, 4) is 11.3 Å². The van der Waals surface area contributed by atoms with Crippen LogP contribution in [0.2, 0.25) is 5.02 Å². The van der Waals surface area contributed by atoms with Gasteiger partial charge in [0.1, 0.15) is 0 Å². The monoisotopic (exact) mass is 347 g/mol. The maximum absolute atomic E-state index is 12.3. The van der Waals surface area contributed by atoms with Crippen molar-refractivity contribution in [1.82, 2.24) is 9.88 Å². The summed E-state index contributed by atoms with van der Waals surface area (Å²) in [6, 6.07) is 7.47. The normalized spacial score (nSPS) is 15.7. The Morgan fingerprint density at radius 1 is 1.33 bits per heavy atom. The number of hydrogen-bond acceptors (Lipinski definition) is 4.